The molecule has 0 fully saturated rings. The summed E-state index contributed by atoms with van der Waals surface area (Å²) in [5.74, 6) is 0.303. The Morgan fingerprint density at radius 2 is 0.526 bits per heavy atom. The van der Waals surface area contributed by atoms with E-state index in [4.69, 9.17) is 37.0 Å². The number of aliphatic hydroxyl groups excluding tert-OH is 1. The summed E-state index contributed by atoms with van der Waals surface area (Å²) in [5.41, 5.74) is 0. The third kappa shape index (κ3) is 70.9. The first-order valence-electron chi connectivity index (χ1n) is 40.4. The van der Waals surface area contributed by atoms with Gasteiger partial charge in [-0.15, -0.1) is 0 Å². The van der Waals surface area contributed by atoms with E-state index in [1.54, 1.807) is 0 Å². The van der Waals surface area contributed by atoms with E-state index in [0.29, 0.717) is 25.7 Å². The number of ether oxygens (including phenoxy) is 4. The van der Waals surface area contributed by atoms with Gasteiger partial charge in [0.2, 0.25) is 0 Å². The van der Waals surface area contributed by atoms with E-state index in [-0.39, 0.29) is 25.7 Å². The fourth-order valence-corrected chi connectivity index (χ4v) is 13.5. The maximum Gasteiger partial charge on any atom is 0.472 e. The van der Waals surface area contributed by atoms with Crippen LogP contribution in [0.15, 0.2) is 0 Å². The topological polar surface area (TPSA) is 237 Å². The smallest absolute Gasteiger partial charge is 0.462 e. The standard InChI is InChI=1S/C78H152O17P2/c1-8-10-11-12-35-45-52-59-75(80)88-65-73(94-77(82)62-55-48-41-34-28-22-21-24-30-37-43-50-57-70(5)6)67-92-96(84,85)90-63-72(79)64-91-97(86,87)93-68-74(66-89-76(81)60-53-46-39-32-26-19-15-13-17-23-29-36-42-49-56-69(3)4)95-78(83)61-54-47-40-33-27-20-16-14-18-25-31-38-44-51-58-71(7)9-2/h69-74,79H,8-68H2,1-7H3,(H,84,85)(H,86,87)/t71?,72-,73+,74+/m0/s1. The van der Waals surface area contributed by atoms with Crippen LogP contribution >= 0.6 is 15.6 Å². The number of esters is 4. The summed E-state index contributed by atoms with van der Waals surface area (Å²) in [4.78, 5) is 72.8. The molecule has 3 unspecified atom stereocenters. The van der Waals surface area contributed by atoms with Crippen molar-refractivity contribution in [2.24, 2.45) is 17.8 Å². The van der Waals surface area contributed by atoms with Gasteiger partial charge in [0.25, 0.3) is 0 Å². The lowest BCUT2D eigenvalue weighted by Gasteiger charge is -2.21. The molecule has 0 spiro atoms. The second kappa shape index (κ2) is 68.5. The molecule has 17 nitrogen and oxygen atoms in total. The molecule has 0 rings (SSSR count). The van der Waals surface area contributed by atoms with Crippen LogP contribution in [0.3, 0.4) is 0 Å². The van der Waals surface area contributed by atoms with E-state index in [1.165, 1.54) is 199 Å². The van der Waals surface area contributed by atoms with Crippen molar-refractivity contribution in [3.8, 4) is 0 Å². The van der Waals surface area contributed by atoms with Gasteiger partial charge in [-0.25, -0.2) is 9.13 Å². The maximum atomic E-state index is 13.1. The highest BCUT2D eigenvalue weighted by Gasteiger charge is 2.30. The minimum atomic E-state index is -4.96. The van der Waals surface area contributed by atoms with Gasteiger partial charge >= 0.3 is 39.5 Å². The van der Waals surface area contributed by atoms with E-state index in [0.717, 1.165) is 120 Å². The molecule has 0 heterocycles. The molecule has 0 aliphatic carbocycles. The van der Waals surface area contributed by atoms with E-state index in [2.05, 4.69) is 48.5 Å². The van der Waals surface area contributed by atoms with Gasteiger partial charge in [0.15, 0.2) is 12.2 Å². The summed E-state index contributed by atoms with van der Waals surface area (Å²) in [6, 6.07) is 0. The van der Waals surface area contributed by atoms with Gasteiger partial charge in [-0.05, 0) is 43.4 Å². The number of phosphoric acid groups is 2. The Kier molecular flexibility index (Phi) is 67.1. The van der Waals surface area contributed by atoms with Gasteiger partial charge in [-0.2, -0.15) is 0 Å². The molecule has 0 bridgehead atoms. The van der Waals surface area contributed by atoms with Crippen LogP contribution in [0.1, 0.15) is 402 Å². The molecule has 0 saturated carbocycles. The number of carbonyl (C=O) groups is 4. The first-order valence-corrected chi connectivity index (χ1v) is 43.4. The molecule has 0 aliphatic heterocycles. The van der Waals surface area contributed by atoms with E-state index >= 15 is 0 Å². The number of carbonyl (C=O) groups excluding carboxylic acids is 4. The van der Waals surface area contributed by atoms with Gasteiger partial charge in [-0.3, -0.25) is 37.3 Å². The molecule has 3 N–H and O–H groups in total. The second-order valence-electron chi connectivity index (χ2n) is 29.3. The molecule has 0 amide bonds. The van der Waals surface area contributed by atoms with Crippen LogP contribution in [0.4, 0.5) is 0 Å². The zero-order valence-corrected chi connectivity index (χ0v) is 65.3. The summed E-state index contributed by atoms with van der Waals surface area (Å²) >= 11 is 0. The first kappa shape index (κ1) is 95.1. The molecule has 19 heteroatoms. The van der Waals surface area contributed by atoms with Gasteiger partial charge in [0, 0.05) is 25.7 Å². The molecule has 0 aromatic heterocycles. The minimum absolute atomic E-state index is 0.106. The molecular formula is C78H152O17P2. The number of hydrogen-bond acceptors (Lipinski definition) is 15. The zero-order chi connectivity index (χ0) is 71.6. The molecule has 0 saturated heterocycles. The van der Waals surface area contributed by atoms with Crippen LogP contribution in [0, 0.1) is 17.8 Å². The molecule has 6 atom stereocenters. The fraction of sp³-hybridized carbons (Fsp3) is 0.949. The average molecular weight is 1420 g/mol. The molecule has 97 heavy (non-hydrogen) atoms. The monoisotopic (exact) mass is 1420 g/mol. The third-order valence-electron chi connectivity index (χ3n) is 18.5. The Morgan fingerprint density at radius 3 is 0.784 bits per heavy atom. The van der Waals surface area contributed by atoms with Crippen LogP contribution in [0.5, 0.6) is 0 Å². The Labute approximate surface area is 594 Å². The number of unbranched alkanes of at least 4 members (excludes halogenated alkanes) is 43. The predicted molar refractivity (Wildman–Crippen MR) is 395 cm³/mol. The van der Waals surface area contributed by atoms with Crippen molar-refractivity contribution < 1.29 is 80.2 Å². The fourth-order valence-electron chi connectivity index (χ4n) is 11.9. The Morgan fingerprint density at radius 1 is 0.299 bits per heavy atom. The number of aliphatic hydroxyl groups is 1. The Bertz CT molecular complexity index is 1890. The van der Waals surface area contributed by atoms with E-state index in [1.807, 2.05) is 0 Å². The van der Waals surface area contributed by atoms with Crippen molar-refractivity contribution in [2.75, 3.05) is 39.6 Å². The lowest BCUT2D eigenvalue weighted by molar-refractivity contribution is -0.161. The minimum Gasteiger partial charge on any atom is -0.462 e. The highest BCUT2D eigenvalue weighted by molar-refractivity contribution is 7.47. The molecule has 0 radical (unpaired) electrons. The average Bonchev–Trinajstić information content (AvgIpc) is 1.73. The van der Waals surface area contributed by atoms with Crippen molar-refractivity contribution in [1.29, 1.82) is 0 Å². The van der Waals surface area contributed by atoms with Crippen LogP contribution in [-0.2, 0) is 65.4 Å². The highest BCUT2D eigenvalue weighted by Crippen LogP contribution is 2.45. The Hall–Kier alpha value is -1.94. The lowest BCUT2D eigenvalue weighted by atomic mass is 9.99. The van der Waals surface area contributed by atoms with Crippen molar-refractivity contribution in [3.63, 3.8) is 0 Å². The van der Waals surface area contributed by atoms with Crippen LogP contribution < -0.4 is 0 Å². The van der Waals surface area contributed by atoms with E-state index < -0.39 is 97.5 Å². The molecule has 0 aromatic rings. The normalized spacial score (nSPS) is 14.3. The van der Waals surface area contributed by atoms with Crippen LogP contribution in [0.2, 0.25) is 0 Å². The summed E-state index contributed by atoms with van der Waals surface area (Å²) in [5, 5.41) is 10.6. The van der Waals surface area contributed by atoms with Gasteiger partial charge in [0.1, 0.15) is 19.3 Å². The van der Waals surface area contributed by atoms with Crippen molar-refractivity contribution in [2.45, 2.75) is 420 Å². The molecule has 0 aliphatic rings. The molecule has 0 aromatic carbocycles. The van der Waals surface area contributed by atoms with Crippen molar-refractivity contribution >= 4 is 39.5 Å². The summed E-state index contributed by atoms with van der Waals surface area (Å²) in [6.07, 6.45) is 55.5. The van der Waals surface area contributed by atoms with Crippen molar-refractivity contribution in [1.82, 2.24) is 0 Å². The first-order chi connectivity index (χ1) is 46.8. The highest BCUT2D eigenvalue weighted by atomic mass is 31.2. The summed E-state index contributed by atoms with van der Waals surface area (Å²) in [6.45, 7) is 12.0. The quantitative estimate of drug-likeness (QED) is 0.0222. The Balaban J connectivity index is 5.20. The number of phosphoric ester groups is 2. The maximum absolute atomic E-state index is 13.1. The van der Waals surface area contributed by atoms with Crippen molar-refractivity contribution in [3.05, 3.63) is 0 Å². The SMILES string of the molecule is CCCCCCCCCC(=O)OC[C@H](COP(=O)(O)OC[C@H](O)COP(=O)(O)OC[C@@H](COC(=O)CCCCCCCCCCCCCCCCC(C)C)OC(=O)CCCCCCCCCCCCCCCCC(C)CC)OC(=O)CCCCCCCCCCCCCCC(C)C. The van der Waals surface area contributed by atoms with E-state index in [9.17, 15) is 43.2 Å². The molecular weight excluding hydrogens is 1270 g/mol. The van der Waals surface area contributed by atoms with Gasteiger partial charge < -0.3 is 33.8 Å². The van der Waals surface area contributed by atoms with Gasteiger partial charge in [0.05, 0.1) is 26.4 Å². The predicted octanol–water partition coefficient (Wildman–Crippen LogP) is 23.0. The summed E-state index contributed by atoms with van der Waals surface area (Å²) in [7, 11) is -9.91. The van der Waals surface area contributed by atoms with Crippen LogP contribution in [0.25, 0.3) is 0 Å². The number of rotatable bonds is 76. The lowest BCUT2D eigenvalue weighted by Crippen LogP contribution is -2.30. The largest absolute Gasteiger partial charge is 0.472 e. The van der Waals surface area contributed by atoms with Crippen LogP contribution in [-0.4, -0.2) is 96.7 Å². The number of hydrogen-bond donors (Lipinski definition) is 3. The summed E-state index contributed by atoms with van der Waals surface area (Å²) < 4.78 is 68.5. The zero-order valence-electron chi connectivity index (χ0n) is 63.5. The van der Waals surface area contributed by atoms with Gasteiger partial charge in [-0.1, -0.05) is 350 Å². The second-order valence-corrected chi connectivity index (χ2v) is 32.2. The molecule has 576 valence electrons. The third-order valence-corrected chi connectivity index (χ3v) is 20.4.